The Balaban J connectivity index is 1.23. The van der Waals surface area contributed by atoms with Gasteiger partial charge >= 0.3 is 12.1 Å². The molecule has 52 heavy (non-hydrogen) atoms. The second-order valence-electron chi connectivity index (χ2n) is 13.8. The molecule has 11 nitrogen and oxygen atoms in total. The molecule has 0 radical (unpaired) electrons. The number of amides is 2. The second-order valence-corrected chi connectivity index (χ2v) is 13.8. The molecule has 4 heterocycles. The fourth-order valence-electron chi connectivity index (χ4n) is 7.32. The van der Waals surface area contributed by atoms with Crippen molar-refractivity contribution in [2.24, 2.45) is 0 Å². The molecule has 2 N–H and O–H groups in total. The van der Waals surface area contributed by atoms with Crippen LogP contribution in [0.15, 0.2) is 30.5 Å². The Hall–Kier alpha value is -3.75. The molecule has 2 aliphatic heterocycles. The van der Waals surface area contributed by atoms with Gasteiger partial charge in [0.1, 0.15) is 0 Å². The van der Waals surface area contributed by atoms with Gasteiger partial charge in [0.05, 0.1) is 30.4 Å². The maximum Gasteiger partial charge on any atom is 0.471 e. The summed E-state index contributed by atoms with van der Waals surface area (Å²) in [6.07, 6.45) is 6.28. The molecule has 286 valence electrons. The first kappa shape index (κ1) is 39.5. The molecule has 1 atom stereocenters. The van der Waals surface area contributed by atoms with Crippen LogP contribution in [0.3, 0.4) is 0 Å². The number of carbonyl (C=O) groups is 2. The van der Waals surface area contributed by atoms with E-state index in [1.165, 1.54) is 37.1 Å². The van der Waals surface area contributed by atoms with Crippen LogP contribution in [0.2, 0.25) is 0 Å². The van der Waals surface area contributed by atoms with Gasteiger partial charge in [-0.2, -0.15) is 18.3 Å². The topological polar surface area (TPSA) is 114 Å². The maximum absolute atomic E-state index is 14.1. The summed E-state index contributed by atoms with van der Waals surface area (Å²) < 4.78 is 55.0. The minimum absolute atomic E-state index is 0.0385. The molecule has 2 aliphatic rings. The monoisotopic (exact) mass is 729 g/mol. The molecule has 0 bridgehead atoms. The highest BCUT2D eigenvalue weighted by Gasteiger charge is 2.43. The molecule has 2 aromatic heterocycles. The minimum Gasteiger partial charge on any atom is -0.383 e. The number of benzene rings is 1. The molecule has 0 spiro atoms. The third-order valence-electron chi connectivity index (χ3n) is 10.2. The van der Waals surface area contributed by atoms with Crippen molar-refractivity contribution in [2.75, 3.05) is 55.6 Å². The van der Waals surface area contributed by atoms with E-state index in [4.69, 9.17) is 14.5 Å². The molecule has 3 aromatic rings. The number of rotatable bonds is 18. The highest BCUT2D eigenvalue weighted by molar-refractivity contribution is 5.99. The number of nitrogens with one attached hydrogen (secondary N) is 2. The third-order valence-corrected chi connectivity index (χ3v) is 10.2. The van der Waals surface area contributed by atoms with Gasteiger partial charge in [0.25, 0.3) is 0 Å². The molecule has 5 rings (SSSR count). The number of alkyl halides is 3. The number of nitrogens with zero attached hydrogens (tertiary/aromatic N) is 5. The summed E-state index contributed by atoms with van der Waals surface area (Å²) in [6.45, 7) is 8.23. The number of unbranched alkanes of at least 4 members (excludes halogenated alkanes) is 4. The van der Waals surface area contributed by atoms with Crippen molar-refractivity contribution < 1.29 is 32.2 Å². The molecule has 2 amide bonds. The van der Waals surface area contributed by atoms with Crippen LogP contribution in [0.4, 0.5) is 30.2 Å². The zero-order valence-corrected chi connectivity index (χ0v) is 30.8. The normalized spacial score (nSPS) is 17.2. The van der Waals surface area contributed by atoms with E-state index in [1.807, 2.05) is 13.8 Å². The zero-order chi connectivity index (χ0) is 37.1. The maximum atomic E-state index is 14.1. The number of hydrogen-bond donors (Lipinski definition) is 2. The lowest BCUT2D eigenvalue weighted by Gasteiger charge is -2.29. The SMILES string of the molecule is CCc1nc2c(cnn2CC)c(NC2CCOCC2)c1CN(C(=O)C(F)(F)F)c1ccc(NC(=O)CCCCCCCN2CCC[C@@H]2COC)cc1. The Morgan fingerprint density at radius 2 is 1.77 bits per heavy atom. The van der Waals surface area contributed by atoms with Gasteiger partial charge in [0.15, 0.2) is 5.65 Å². The lowest BCUT2D eigenvalue weighted by atomic mass is 10.0. The molecule has 1 aromatic carbocycles. The first-order valence-corrected chi connectivity index (χ1v) is 18.9. The van der Waals surface area contributed by atoms with Crippen LogP contribution in [0.5, 0.6) is 0 Å². The van der Waals surface area contributed by atoms with Crippen LogP contribution in [0.25, 0.3) is 11.0 Å². The van der Waals surface area contributed by atoms with Crippen molar-refractivity contribution in [3.05, 3.63) is 41.7 Å². The summed E-state index contributed by atoms with van der Waals surface area (Å²) in [5.41, 5.74) is 2.89. The van der Waals surface area contributed by atoms with Gasteiger partial charge < -0.3 is 25.0 Å². The second kappa shape index (κ2) is 18.8. The zero-order valence-electron chi connectivity index (χ0n) is 30.8. The molecular formula is C38H54F3N7O4. The van der Waals surface area contributed by atoms with E-state index in [1.54, 1.807) is 18.0 Å². The van der Waals surface area contributed by atoms with Crippen molar-refractivity contribution >= 4 is 39.9 Å². The fraction of sp³-hybridized carbons (Fsp3) is 0.632. The van der Waals surface area contributed by atoms with Crippen LogP contribution in [0, 0.1) is 0 Å². The van der Waals surface area contributed by atoms with Gasteiger partial charge in [-0.25, -0.2) is 9.67 Å². The summed E-state index contributed by atoms with van der Waals surface area (Å²) in [4.78, 5) is 33.8. The summed E-state index contributed by atoms with van der Waals surface area (Å²) >= 11 is 0. The van der Waals surface area contributed by atoms with E-state index in [9.17, 15) is 22.8 Å². The lowest BCUT2D eigenvalue weighted by molar-refractivity contribution is -0.170. The highest BCUT2D eigenvalue weighted by Crippen LogP contribution is 2.35. The number of pyridine rings is 1. The van der Waals surface area contributed by atoms with Crippen molar-refractivity contribution in [1.29, 1.82) is 0 Å². The predicted molar refractivity (Wildman–Crippen MR) is 197 cm³/mol. The van der Waals surface area contributed by atoms with E-state index in [2.05, 4.69) is 20.6 Å². The van der Waals surface area contributed by atoms with E-state index in [0.29, 0.717) is 72.3 Å². The van der Waals surface area contributed by atoms with Crippen molar-refractivity contribution in [2.45, 2.75) is 116 Å². The quantitative estimate of drug-likeness (QED) is 0.134. The van der Waals surface area contributed by atoms with Gasteiger partial charge in [-0.1, -0.05) is 26.2 Å². The molecule has 2 fully saturated rings. The number of fused-ring (bicyclic) bond motifs is 1. The summed E-state index contributed by atoms with van der Waals surface area (Å²) in [5, 5.41) is 11.6. The molecule has 0 aliphatic carbocycles. The number of aryl methyl sites for hydroxylation is 2. The predicted octanol–water partition coefficient (Wildman–Crippen LogP) is 7.09. The number of ether oxygens (including phenoxy) is 2. The Kier molecular flexibility index (Phi) is 14.3. The van der Waals surface area contributed by atoms with E-state index >= 15 is 0 Å². The minimum atomic E-state index is -5.11. The standard InChI is InChI=1S/C38H54F3N7O4/c1-4-33-32(35(44-28-18-22-52-23-19-28)31-24-42-48(5-2)36(31)45-33)25-47(37(50)38(39,40)41)29-16-14-27(15-17-29)43-34(49)13-9-7-6-8-10-20-46-21-11-12-30(46)26-51-3/h14-17,24,28,30H,4-13,18-23,25-26H2,1-3H3,(H,43,49)(H,44,45)/t30-/m1/s1. The molecule has 0 unspecified atom stereocenters. The van der Waals surface area contributed by atoms with Crippen LogP contribution >= 0.6 is 0 Å². The van der Waals surface area contributed by atoms with Crippen LogP contribution in [-0.2, 0) is 38.6 Å². The van der Waals surface area contributed by atoms with E-state index in [0.717, 1.165) is 69.5 Å². The van der Waals surface area contributed by atoms with Crippen LogP contribution in [-0.4, -0.2) is 89.8 Å². The highest BCUT2D eigenvalue weighted by atomic mass is 19.4. The van der Waals surface area contributed by atoms with Gasteiger partial charge in [0, 0.05) is 68.0 Å². The first-order chi connectivity index (χ1) is 25.1. The Morgan fingerprint density at radius 1 is 1.04 bits per heavy atom. The number of anilines is 3. The number of aromatic nitrogens is 3. The van der Waals surface area contributed by atoms with Crippen LogP contribution in [0.1, 0.15) is 89.3 Å². The summed E-state index contributed by atoms with van der Waals surface area (Å²) in [5.74, 6) is -2.14. The molecule has 14 heteroatoms. The van der Waals surface area contributed by atoms with Gasteiger partial charge in [-0.15, -0.1) is 0 Å². The van der Waals surface area contributed by atoms with E-state index in [-0.39, 0.29) is 24.2 Å². The van der Waals surface area contributed by atoms with Crippen molar-refractivity contribution in [3.8, 4) is 0 Å². The third kappa shape index (κ3) is 10.2. The Bertz CT molecular complexity index is 1610. The van der Waals surface area contributed by atoms with E-state index < -0.39 is 12.1 Å². The number of carbonyl (C=O) groups excluding carboxylic acids is 2. The van der Waals surface area contributed by atoms with Crippen molar-refractivity contribution in [1.82, 2.24) is 19.7 Å². The number of halogens is 3. The molecule has 0 saturated carbocycles. The van der Waals surface area contributed by atoms with Crippen LogP contribution < -0.4 is 15.5 Å². The number of hydrogen-bond acceptors (Lipinski definition) is 8. The molecule has 2 saturated heterocycles. The Labute approximate surface area is 304 Å². The average Bonchev–Trinajstić information content (AvgIpc) is 3.77. The average molecular weight is 730 g/mol. The van der Waals surface area contributed by atoms with Gasteiger partial charge in [-0.3, -0.25) is 14.5 Å². The van der Waals surface area contributed by atoms with Gasteiger partial charge in [-0.05, 0) is 89.2 Å². The van der Waals surface area contributed by atoms with Gasteiger partial charge in [0.2, 0.25) is 5.91 Å². The summed E-state index contributed by atoms with van der Waals surface area (Å²) in [7, 11) is 1.76. The lowest BCUT2D eigenvalue weighted by Crippen LogP contribution is -2.41. The first-order valence-electron chi connectivity index (χ1n) is 18.9. The fourth-order valence-corrected chi connectivity index (χ4v) is 7.32. The number of methoxy groups -OCH3 is 1. The number of likely N-dealkylation sites (tertiary alicyclic amines) is 1. The Morgan fingerprint density at radius 3 is 2.46 bits per heavy atom. The molecular weight excluding hydrogens is 675 g/mol. The summed E-state index contributed by atoms with van der Waals surface area (Å²) in [6, 6.07) is 6.52. The largest absolute Gasteiger partial charge is 0.471 e. The smallest absolute Gasteiger partial charge is 0.383 e. The van der Waals surface area contributed by atoms with Crippen molar-refractivity contribution in [3.63, 3.8) is 0 Å².